The number of benzene rings is 1. The monoisotopic (exact) mass is 171 g/mol. The zero-order chi connectivity index (χ0) is 9.14. The van der Waals surface area contributed by atoms with E-state index in [1.807, 2.05) is 0 Å². The quantitative estimate of drug-likeness (QED) is 0.395. The Kier molecular flexibility index (Phi) is 2.20. The maximum Gasteiger partial charge on any atom is 0.304 e. The van der Waals surface area contributed by atoms with Crippen LogP contribution in [0.1, 0.15) is 0 Å². The average Bonchev–Trinajstić information content (AvgIpc) is 2.03. The molecule has 12 heavy (non-hydrogen) atoms. The maximum atomic E-state index is 12.8. The molecule has 0 atom stereocenters. The van der Waals surface area contributed by atoms with Gasteiger partial charge in [-0.1, -0.05) is 0 Å². The molecule has 0 radical (unpaired) electrons. The molecule has 64 valence electrons. The number of hydrogen-bond acceptors (Lipinski definition) is 4. The molecular weight excluding hydrogens is 165 g/mol. The molecule has 0 spiro atoms. The smallest absolute Gasteiger partial charge is 0.304 e. The van der Waals surface area contributed by atoms with Crippen LogP contribution in [0.2, 0.25) is 0 Å². The summed E-state index contributed by atoms with van der Waals surface area (Å²) in [6.45, 7) is 0. The lowest BCUT2D eigenvalue weighted by molar-refractivity contribution is -0.387. The molecule has 0 bridgehead atoms. The number of nitrogens with two attached hydrogens (primary N) is 1. The Morgan fingerprint density at radius 1 is 1.58 bits per heavy atom. The lowest BCUT2D eigenvalue weighted by Gasteiger charge is -1.98. The van der Waals surface area contributed by atoms with E-state index in [1.54, 1.807) is 0 Å². The number of nitro groups is 1. The summed E-state index contributed by atoms with van der Waals surface area (Å²) in [5, 5.41) is 10.1. The van der Waals surface area contributed by atoms with E-state index in [4.69, 9.17) is 5.84 Å². The predicted molar refractivity (Wildman–Crippen MR) is 40.9 cm³/mol. The molecule has 0 fully saturated rings. The first kappa shape index (κ1) is 8.41. The van der Waals surface area contributed by atoms with Crippen LogP contribution in [0.25, 0.3) is 0 Å². The van der Waals surface area contributed by atoms with E-state index >= 15 is 0 Å². The normalized spacial score (nSPS) is 9.50. The van der Waals surface area contributed by atoms with Crippen molar-refractivity contribution < 1.29 is 9.31 Å². The molecule has 0 amide bonds. The number of nitrogens with zero attached hydrogens (tertiary/aromatic N) is 1. The summed E-state index contributed by atoms with van der Waals surface area (Å²) in [7, 11) is 0. The molecule has 0 heterocycles. The van der Waals surface area contributed by atoms with Gasteiger partial charge >= 0.3 is 5.69 Å². The summed E-state index contributed by atoms with van der Waals surface area (Å²) >= 11 is 0. The highest BCUT2D eigenvalue weighted by molar-refractivity contribution is 5.48. The molecule has 1 aromatic carbocycles. The van der Waals surface area contributed by atoms with Crippen molar-refractivity contribution in [1.82, 2.24) is 0 Å². The lowest BCUT2D eigenvalue weighted by atomic mass is 10.3. The van der Waals surface area contributed by atoms with E-state index < -0.39 is 16.4 Å². The predicted octanol–water partition coefficient (Wildman–Crippen LogP) is 1.02. The van der Waals surface area contributed by atoms with Gasteiger partial charge in [0.15, 0.2) is 0 Å². The topological polar surface area (TPSA) is 81.2 Å². The van der Waals surface area contributed by atoms with E-state index in [2.05, 4.69) is 5.43 Å². The van der Waals surface area contributed by atoms with Gasteiger partial charge in [-0.05, 0) is 6.07 Å². The number of nitro benzene ring substituents is 1. The van der Waals surface area contributed by atoms with Crippen LogP contribution in [0, 0.1) is 15.9 Å². The van der Waals surface area contributed by atoms with Crippen LogP contribution in [0.5, 0.6) is 0 Å². The third kappa shape index (κ3) is 1.48. The Morgan fingerprint density at radius 3 is 2.67 bits per heavy atom. The summed E-state index contributed by atoms with van der Waals surface area (Å²) in [6, 6.07) is 3.32. The minimum Gasteiger partial charge on any atom is -0.324 e. The molecule has 0 unspecified atom stereocenters. The molecule has 6 heteroatoms. The SMILES string of the molecule is NNc1ccc([N+](=O)[O-])c(F)c1. The summed E-state index contributed by atoms with van der Waals surface area (Å²) < 4.78 is 12.8. The Hall–Kier alpha value is -1.69. The molecule has 5 nitrogen and oxygen atoms in total. The minimum atomic E-state index is -0.907. The van der Waals surface area contributed by atoms with Crippen LogP contribution >= 0.6 is 0 Å². The molecule has 0 saturated carbocycles. The number of anilines is 1. The zero-order valence-electron chi connectivity index (χ0n) is 5.95. The van der Waals surface area contributed by atoms with Gasteiger partial charge in [0, 0.05) is 12.1 Å². The van der Waals surface area contributed by atoms with Crippen molar-refractivity contribution in [2.75, 3.05) is 5.43 Å². The molecule has 1 aromatic rings. The van der Waals surface area contributed by atoms with Gasteiger partial charge in [-0.15, -0.1) is 0 Å². The molecule has 0 aliphatic heterocycles. The van der Waals surface area contributed by atoms with Crippen molar-refractivity contribution in [3.8, 4) is 0 Å². The highest BCUT2D eigenvalue weighted by Gasteiger charge is 2.12. The Balaban J connectivity index is 3.12. The van der Waals surface area contributed by atoms with Crippen molar-refractivity contribution in [1.29, 1.82) is 0 Å². The molecule has 3 N–H and O–H groups in total. The van der Waals surface area contributed by atoms with Crippen molar-refractivity contribution in [2.45, 2.75) is 0 Å². The van der Waals surface area contributed by atoms with Gasteiger partial charge in [0.1, 0.15) is 0 Å². The second-order valence-electron chi connectivity index (χ2n) is 2.07. The van der Waals surface area contributed by atoms with Crippen molar-refractivity contribution in [2.24, 2.45) is 5.84 Å². The van der Waals surface area contributed by atoms with Crippen LogP contribution in [0.15, 0.2) is 18.2 Å². The second-order valence-corrected chi connectivity index (χ2v) is 2.07. The maximum absolute atomic E-state index is 12.8. The van der Waals surface area contributed by atoms with Gasteiger partial charge < -0.3 is 5.43 Å². The number of hydrazine groups is 1. The first-order valence-electron chi connectivity index (χ1n) is 3.05. The molecule has 0 aliphatic carbocycles. The van der Waals surface area contributed by atoms with E-state index in [9.17, 15) is 14.5 Å². The highest BCUT2D eigenvalue weighted by Crippen LogP contribution is 2.19. The first-order valence-corrected chi connectivity index (χ1v) is 3.05. The van der Waals surface area contributed by atoms with E-state index in [-0.39, 0.29) is 5.69 Å². The van der Waals surface area contributed by atoms with Gasteiger partial charge in [-0.2, -0.15) is 4.39 Å². The Morgan fingerprint density at radius 2 is 2.25 bits per heavy atom. The molecular formula is C6H6FN3O2. The highest BCUT2D eigenvalue weighted by atomic mass is 19.1. The Bertz CT molecular complexity index is 316. The Labute approximate surface area is 67.1 Å². The fraction of sp³-hybridized carbons (Fsp3) is 0. The zero-order valence-corrected chi connectivity index (χ0v) is 5.95. The van der Waals surface area contributed by atoms with Crippen LogP contribution < -0.4 is 11.3 Å². The van der Waals surface area contributed by atoms with Gasteiger partial charge in [0.25, 0.3) is 0 Å². The number of rotatable bonds is 2. The summed E-state index contributed by atoms with van der Waals surface area (Å²) in [5.74, 6) is 4.05. The number of hydrogen-bond donors (Lipinski definition) is 2. The van der Waals surface area contributed by atoms with Crippen molar-refractivity contribution in [3.05, 3.63) is 34.1 Å². The first-order chi connectivity index (χ1) is 5.65. The number of nitrogens with one attached hydrogen (secondary N) is 1. The van der Waals surface area contributed by atoms with Crippen LogP contribution in [-0.4, -0.2) is 4.92 Å². The third-order valence-electron chi connectivity index (χ3n) is 1.31. The standard InChI is InChI=1S/C6H6FN3O2/c7-5-3-4(9-8)1-2-6(5)10(11)12/h1-3,9H,8H2. The summed E-state index contributed by atoms with van der Waals surface area (Å²) in [5.41, 5.74) is 1.90. The lowest BCUT2D eigenvalue weighted by Crippen LogP contribution is -2.07. The molecule has 0 aromatic heterocycles. The second kappa shape index (κ2) is 3.14. The van der Waals surface area contributed by atoms with E-state index in [0.29, 0.717) is 0 Å². The third-order valence-corrected chi connectivity index (χ3v) is 1.31. The fourth-order valence-electron chi connectivity index (χ4n) is 0.745. The van der Waals surface area contributed by atoms with Gasteiger partial charge in [-0.3, -0.25) is 16.0 Å². The molecule has 0 aliphatic rings. The number of halogens is 1. The van der Waals surface area contributed by atoms with Crippen molar-refractivity contribution >= 4 is 11.4 Å². The van der Waals surface area contributed by atoms with Gasteiger partial charge in [-0.25, -0.2) is 0 Å². The molecule has 0 saturated heterocycles. The van der Waals surface area contributed by atoms with E-state index in [0.717, 1.165) is 12.1 Å². The molecule has 1 rings (SSSR count). The minimum absolute atomic E-state index is 0.290. The summed E-state index contributed by atoms with van der Waals surface area (Å²) in [6.07, 6.45) is 0. The van der Waals surface area contributed by atoms with Crippen LogP contribution in [0.4, 0.5) is 15.8 Å². The van der Waals surface area contributed by atoms with Gasteiger partial charge in [0.2, 0.25) is 5.82 Å². The average molecular weight is 171 g/mol. The fourth-order valence-corrected chi connectivity index (χ4v) is 0.745. The largest absolute Gasteiger partial charge is 0.324 e. The van der Waals surface area contributed by atoms with Gasteiger partial charge in [0.05, 0.1) is 10.6 Å². The van der Waals surface area contributed by atoms with E-state index in [1.165, 1.54) is 6.07 Å². The number of nitrogen functional groups attached to an aromatic ring is 1. The van der Waals surface area contributed by atoms with Crippen LogP contribution in [0.3, 0.4) is 0 Å². The summed E-state index contributed by atoms with van der Waals surface area (Å²) in [4.78, 5) is 9.34. The van der Waals surface area contributed by atoms with Crippen molar-refractivity contribution in [3.63, 3.8) is 0 Å². The van der Waals surface area contributed by atoms with Crippen LogP contribution in [-0.2, 0) is 0 Å².